The first-order valence-corrected chi connectivity index (χ1v) is 5.47. The van der Waals surface area contributed by atoms with Gasteiger partial charge in [-0.05, 0) is 18.2 Å². The van der Waals surface area contributed by atoms with Gasteiger partial charge in [-0.25, -0.2) is 0 Å². The van der Waals surface area contributed by atoms with Crippen molar-refractivity contribution in [3.05, 3.63) is 65.5 Å². The summed E-state index contributed by atoms with van der Waals surface area (Å²) in [6.07, 6.45) is 5.02. The van der Waals surface area contributed by atoms with Crippen molar-refractivity contribution in [2.24, 2.45) is 5.16 Å². The average molecular weight is 236 g/mol. The number of oxime groups is 1. The van der Waals surface area contributed by atoms with Gasteiger partial charge in [0.25, 0.3) is 0 Å². The Hall–Kier alpha value is -2.60. The molecule has 0 bridgehead atoms. The molecule has 0 aliphatic carbocycles. The molecule has 0 aliphatic rings. The molecule has 0 aliphatic heterocycles. The van der Waals surface area contributed by atoms with E-state index in [0.29, 0.717) is 0 Å². The summed E-state index contributed by atoms with van der Waals surface area (Å²) in [6.45, 7) is 0. The zero-order chi connectivity index (χ0) is 12.6. The van der Waals surface area contributed by atoms with Gasteiger partial charge in [0.1, 0.15) is 7.11 Å². The largest absolute Gasteiger partial charge is 0.399 e. The van der Waals surface area contributed by atoms with Crippen molar-refractivity contribution in [2.75, 3.05) is 7.11 Å². The Kier molecular flexibility index (Phi) is 4.10. The fourth-order valence-electron chi connectivity index (χ4n) is 1.38. The lowest BCUT2D eigenvalue weighted by molar-refractivity contribution is 0.215. The van der Waals surface area contributed by atoms with Crippen molar-refractivity contribution >= 4 is 6.21 Å². The van der Waals surface area contributed by atoms with Crippen LogP contribution in [0.3, 0.4) is 0 Å². The van der Waals surface area contributed by atoms with Crippen molar-refractivity contribution in [1.29, 1.82) is 0 Å². The van der Waals surface area contributed by atoms with Crippen LogP contribution in [0.25, 0.3) is 0 Å². The molecular weight excluding hydrogens is 224 g/mol. The van der Waals surface area contributed by atoms with Gasteiger partial charge in [0.05, 0.1) is 6.21 Å². The molecule has 3 heteroatoms. The molecule has 1 heterocycles. The molecule has 2 aromatic rings. The molecule has 0 saturated carbocycles. The highest BCUT2D eigenvalue weighted by molar-refractivity contribution is 5.79. The maximum atomic E-state index is 4.62. The Labute approximate surface area is 106 Å². The molecule has 0 fully saturated rings. The van der Waals surface area contributed by atoms with Gasteiger partial charge in [0.15, 0.2) is 0 Å². The third-order valence-electron chi connectivity index (χ3n) is 2.19. The average Bonchev–Trinajstić information content (AvgIpc) is 2.44. The molecule has 0 radical (unpaired) electrons. The number of nitrogens with zero attached hydrogens (tertiary/aromatic N) is 2. The van der Waals surface area contributed by atoms with E-state index < -0.39 is 0 Å². The maximum Gasteiger partial charge on any atom is 0.106 e. The highest BCUT2D eigenvalue weighted by Crippen LogP contribution is 2.01. The van der Waals surface area contributed by atoms with Gasteiger partial charge in [-0.1, -0.05) is 35.2 Å². The van der Waals surface area contributed by atoms with Crippen LogP contribution in [0.5, 0.6) is 0 Å². The molecule has 1 aromatic carbocycles. The first-order valence-electron chi connectivity index (χ1n) is 5.47. The Morgan fingerprint density at radius 3 is 2.67 bits per heavy atom. The Morgan fingerprint density at radius 1 is 1.11 bits per heavy atom. The van der Waals surface area contributed by atoms with Crippen LogP contribution in [0.1, 0.15) is 16.7 Å². The Balaban J connectivity index is 2.20. The number of rotatable bonds is 2. The predicted molar refractivity (Wildman–Crippen MR) is 71.3 cm³/mol. The molecule has 0 saturated heterocycles. The van der Waals surface area contributed by atoms with Gasteiger partial charge in [-0.15, -0.1) is 0 Å². The third kappa shape index (κ3) is 3.46. The lowest BCUT2D eigenvalue weighted by Gasteiger charge is -1.93. The summed E-state index contributed by atoms with van der Waals surface area (Å²) in [5.74, 6) is 6.14. The van der Waals surface area contributed by atoms with Gasteiger partial charge in [0.2, 0.25) is 0 Å². The van der Waals surface area contributed by atoms with Crippen molar-refractivity contribution in [2.45, 2.75) is 0 Å². The minimum atomic E-state index is 0.846. The number of hydrogen-bond acceptors (Lipinski definition) is 3. The van der Waals surface area contributed by atoms with E-state index in [-0.39, 0.29) is 0 Å². The van der Waals surface area contributed by atoms with Crippen molar-refractivity contribution in [3.63, 3.8) is 0 Å². The highest BCUT2D eigenvalue weighted by Gasteiger charge is 1.91. The molecule has 3 nitrogen and oxygen atoms in total. The van der Waals surface area contributed by atoms with Crippen LogP contribution < -0.4 is 0 Å². The topological polar surface area (TPSA) is 34.5 Å². The van der Waals surface area contributed by atoms with E-state index in [0.717, 1.165) is 16.7 Å². The summed E-state index contributed by atoms with van der Waals surface area (Å²) >= 11 is 0. The quantitative estimate of drug-likeness (QED) is 0.456. The number of aromatic nitrogens is 1. The van der Waals surface area contributed by atoms with E-state index in [4.69, 9.17) is 0 Å². The lowest BCUT2D eigenvalue weighted by atomic mass is 10.2. The molecule has 2 rings (SSSR count). The van der Waals surface area contributed by atoms with E-state index >= 15 is 0 Å². The van der Waals surface area contributed by atoms with Crippen LogP contribution in [0.4, 0.5) is 0 Å². The Morgan fingerprint density at radius 2 is 1.89 bits per heavy atom. The lowest BCUT2D eigenvalue weighted by Crippen LogP contribution is -1.86. The summed E-state index contributed by atoms with van der Waals surface area (Å²) in [7, 11) is 1.50. The standard InChI is InChI=1S/C15H12N2O/c1-18-17-12-15-9-14(10-16-11-15)8-7-13-5-3-2-4-6-13/h2-6,9-12H,1H3/b17-12-. The second-order valence-electron chi connectivity index (χ2n) is 3.54. The van der Waals surface area contributed by atoms with E-state index in [2.05, 4.69) is 26.8 Å². The van der Waals surface area contributed by atoms with E-state index in [1.807, 2.05) is 36.4 Å². The summed E-state index contributed by atoms with van der Waals surface area (Å²) < 4.78 is 0. The fourth-order valence-corrected chi connectivity index (χ4v) is 1.38. The minimum Gasteiger partial charge on any atom is -0.399 e. The zero-order valence-corrected chi connectivity index (χ0v) is 10.00. The Bertz CT molecular complexity index is 595. The van der Waals surface area contributed by atoms with Gasteiger partial charge >= 0.3 is 0 Å². The molecule has 0 amide bonds. The van der Waals surface area contributed by atoms with Crippen molar-refractivity contribution in [3.8, 4) is 11.8 Å². The second kappa shape index (κ2) is 6.21. The van der Waals surface area contributed by atoms with E-state index in [9.17, 15) is 0 Å². The molecule has 18 heavy (non-hydrogen) atoms. The number of hydrogen-bond donors (Lipinski definition) is 0. The number of pyridine rings is 1. The minimum absolute atomic E-state index is 0.846. The van der Waals surface area contributed by atoms with Gasteiger partial charge in [-0.3, -0.25) is 4.98 Å². The van der Waals surface area contributed by atoms with Crippen molar-refractivity contribution < 1.29 is 4.84 Å². The number of benzene rings is 1. The summed E-state index contributed by atoms with van der Waals surface area (Å²) in [5, 5.41) is 3.69. The smallest absolute Gasteiger partial charge is 0.106 e. The fraction of sp³-hybridized carbons (Fsp3) is 0.0667. The van der Waals surface area contributed by atoms with Crippen LogP contribution in [0.15, 0.2) is 53.9 Å². The maximum absolute atomic E-state index is 4.62. The normalized spacial score (nSPS) is 9.83. The van der Waals surface area contributed by atoms with Crippen LogP contribution >= 0.6 is 0 Å². The zero-order valence-electron chi connectivity index (χ0n) is 10.00. The first-order chi connectivity index (χ1) is 8.88. The molecule has 0 unspecified atom stereocenters. The van der Waals surface area contributed by atoms with Crippen LogP contribution in [-0.4, -0.2) is 18.3 Å². The summed E-state index contributed by atoms with van der Waals surface area (Å²) in [5.41, 5.74) is 2.68. The SMILES string of the molecule is CO/N=C\c1cncc(C#Cc2ccccc2)c1. The van der Waals surface area contributed by atoms with Crippen LogP contribution in [0.2, 0.25) is 0 Å². The van der Waals surface area contributed by atoms with Gasteiger partial charge in [-0.2, -0.15) is 0 Å². The summed E-state index contributed by atoms with van der Waals surface area (Å²) in [6, 6.07) is 11.7. The van der Waals surface area contributed by atoms with E-state index in [1.165, 1.54) is 7.11 Å². The summed E-state index contributed by atoms with van der Waals surface area (Å²) in [4.78, 5) is 8.72. The molecule has 88 valence electrons. The third-order valence-corrected chi connectivity index (χ3v) is 2.19. The van der Waals surface area contributed by atoms with Crippen LogP contribution in [0, 0.1) is 11.8 Å². The monoisotopic (exact) mass is 236 g/mol. The highest BCUT2D eigenvalue weighted by atomic mass is 16.6. The second-order valence-corrected chi connectivity index (χ2v) is 3.54. The molecule has 1 aromatic heterocycles. The molecular formula is C15H12N2O. The van der Waals surface area contributed by atoms with E-state index in [1.54, 1.807) is 18.6 Å². The van der Waals surface area contributed by atoms with Gasteiger partial charge in [0, 0.05) is 29.1 Å². The van der Waals surface area contributed by atoms with Crippen LogP contribution in [-0.2, 0) is 4.84 Å². The molecule has 0 N–H and O–H groups in total. The molecule has 0 atom stereocenters. The van der Waals surface area contributed by atoms with Crippen molar-refractivity contribution in [1.82, 2.24) is 4.98 Å². The molecule has 0 spiro atoms. The predicted octanol–water partition coefficient (Wildman–Crippen LogP) is 2.46. The van der Waals surface area contributed by atoms with Gasteiger partial charge < -0.3 is 4.84 Å². The first kappa shape index (κ1) is 11.9.